The highest BCUT2D eigenvalue weighted by Gasteiger charge is 2.14. The van der Waals surface area contributed by atoms with Crippen molar-refractivity contribution in [3.8, 4) is 0 Å². The lowest BCUT2D eigenvalue weighted by Gasteiger charge is -2.14. The molecule has 15 heavy (non-hydrogen) atoms. The van der Waals surface area contributed by atoms with E-state index in [1.165, 1.54) is 11.8 Å². The molecule has 0 saturated carbocycles. The molecule has 0 aliphatic heterocycles. The van der Waals surface area contributed by atoms with Gasteiger partial charge >= 0.3 is 0 Å². The summed E-state index contributed by atoms with van der Waals surface area (Å²) in [7, 11) is 3.62. The van der Waals surface area contributed by atoms with Crippen molar-refractivity contribution in [3.05, 3.63) is 17.9 Å². The van der Waals surface area contributed by atoms with Crippen molar-refractivity contribution in [1.82, 2.24) is 10.2 Å². The molecular weight excluding hydrogens is 212 g/mol. The van der Waals surface area contributed by atoms with Gasteiger partial charge < -0.3 is 14.6 Å². The molecule has 1 heterocycles. The maximum atomic E-state index is 11.8. The Morgan fingerprint density at radius 2 is 2.33 bits per heavy atom. The third-order valence-electron chi connectivity index (χ3n) is 2.04. The Balaban J connectivity index is 2.59. The fourth-order valence-corrected chi connectivity index (χ4v) is 1.49. The lowest BCUT2D eigenvalue weighted by molar-refractivity contribution is 0.0760. The number of hydrogen-bond acceptors (Lipinski definition) is 4. The van der Waals surface area contributed by atoms with E-state index in [0.29, 0.717) is 12.3 Å². The van der Waals surface area contributed by atoms with Crippen LogP contribution in [0.4, 0.5) is 0 Å². The van der Waals surface area contributed by atoms with Crippen molar-refractivity contribution >= 4 is 17.7 Å². The molecule has 0 spiro atoms. The van der Waals surface area contributed by atoms with Gasteiger partial charge in [-0.15, -0.1) is 0 Å². The summed E-state index contributed by atoms with van der Waals surface area (Å²) in [5.74, 6) is 0.323. The quantitative estimate of drug-likeness (QED) is 0.771. The summed E-state index contributed by atoms with van der Waals surface area (Å²) in [6, 6.07) is 3.52. The molecule has 0 saturated heterocycles. The lowest BCUT2D eigenvalue weighted by atomic mass is 10.4. The topological polar surface area (TPSA) is 45.5 Å². The molecule has 1 aromatic rings. The zero-order chi connectivity index (χ0) is 11.3. The van der Waals surface area contributed by atoms with Gasteiger partial charge in [-0.25, -0.2) is 0 Å². The Bertz CT molecular complexity index is 325. The Morgan fingerprint density at radius 1 is 1.60 bits per heavy atom. The molecule has 0 unspecified atom stereocenters. The van der Waals surface area contributed by atoms with Gasteiger partial charge in [-0.2, -0.15) is 0 Å². The number of amides is 1. The average Bonchev–Trinajstić information content (AvgIpc) is 2.73. The normalized spacial score (nSPS) is 10.3. The fourth-order valence-electron chi connectivity index (χ4n) is 1.11. The first-order valence-corrected chi connectivity index (χ1v) is 5.95. The fraction of sp³-hybridized carbons (Fsp3) is 0.500. The molecule has 0 aliphatic rings. The van der Waals surface area contributed by atoms with Crippen molar-refractivity contribution in [1.29, 1.82) is 0 Å². The highest BCUT2D eigenvalue weighted by molar-refractivity contribution is 7.98. The van der Waals surface area contributed by atoms with Crippen LogP contribution in [0.25, 0.3) is 0 Å². The summed E-state index contributed by atoms with van der Waals surface area (Å²) in [6.07, 6.45) is 1.91. The van der Waals surface area contributed by atoms with Gasteiger partial charge in [-0.3, -0.25) is 4.79 Å². The van der Waals surface area contributed by atoms with Gasteiger partial charge in [0.25, 0.3) is 5.91 Å². The number of carbonyl (C=O) groups excluding carboxylic acids is 1. The molecule has 1 rings (SSSR count). The van der Waals surface area contributed by atoms with E-state index in [4.69, 9.17) is 4.42 Å². The van der Waals surface area contributed by atoms with E-state index < -0.39 is 0 Å². The highest BCUT2D eigenvalue weighted by atomic mass is 32.2. The number of nitrogens with zero attached hydrogens (tertiary/aromatic N) is 1. The van der Waals surface area contributed by atoms with E-state index in [0.717, 1.165) is 11.6 Å². The summed E-state index contributed by atoms with van der Waals surface area (Å²) in [6.45, 7) is 1.45. The van der Waals surface area contributed by atoms with E-state index in [1.54, 1.807) is 18.0 Å². The van der Waals surface area contributed by atoms with Gasteiger partial charge in [-0.05, 0) is 25.4 Å². The summed E-state index contributed by atoms with van der Waals surface area (Å²) in [5, 5.41) is 3.76. The summed E-state index contributed by atoms with van der Waals surface area (Å²) < 4.78 is 5.35. The molecule has 0 aliphatic carbocycles. The minimum atomic E-state index is -0.0782. The smallest absolute Gasteiger partial charge is 0.289 e. The first-order valence-electron chi connectivity index (χ1n) is 4.73. The molecule has 5 heteroatoms. The van der Waals surface area contributed by atoms with Crippen LogP contribution in [0.15, 0.2) is 21.6 Å². The second-order valence-electron chi connectivity index (χ2n) is 3.15. The van der Waals surface area contributed by atoms with Gasteiger partial charge in [-0.1, -0.05) is 11.8 Å². The van der Waals surface area contributed by atoms with Crippen LogP contribution in [0.5, 0.6) is 0 Å². The van der Waals surface area contributed by atoms with Gasteiger partial charge in [0, 0.05) is 20.1 Å². The van der Waals surface area contributed by atoms with Crippen LogP contribution in [0.1, 0.15) is 10.6 Å². The van der Waals surface area contributed by atoms with Crippen LogP contribution in [0, 0.1) is 0 Å². The van der Waals surface area contributed by atoms with E-state index in [-0.39, 0.29) is 5.91 Å². The maximum Gasteiger partial charge on any atom is 0.289 e. The predicted molar refractivity (Wildman–Crippen MR) is 61.4 cm³/mol. The van der Waals surface area contributed by atoms with Crippen LogP contribution < -0.4 is 5.32 Å². The van der Waals surface area contributed by atoms with E-state index in [1.807, 2.05) is 19.4 Å². The minimum absolute atomic E-state index is 0.0782. The van der Waals surface area contributed by atoms with E-state index >= 15 is 0 Å². The molecule has 0 fully saturated rings. The number of nitrogens with one attached hydrogen (secondary N) is 1. The molecule has 0 radical (unpaired) electrons. The monoisotopic (exact) mass is 228 g/mol. The molecule has 1 amide bonds. The predicted octanol–water partition coefficient (Wildman–Crippen LogP) is 1.29. The molecule has 0 bridgehead atoms. The third-order valence-corrected chi connectivity index (χ3v) is 2.66. The number of thioether (sulfide) groups is 1. The second kappa shape index (κ2) is 5.82. The Kier molecular flexibility index (Phi) is 4.71. The second-order valence-corrected chi connectivity index (χ2v) is 3.96. The number of rotatable bonds is 5. The van der Waals surface area contributed by atoms with Gasteiger partial charge in [0.05, 0.1) is 0 Å². The molecule has 84 valence electrons. The van der Waals surface area contributed by atoms with Crippen LogP contribution in [-0.2, 0) is 0 Å². The van der Waals surface area contributed by atoms with Gasteiger partial charge in [0.2, 0.25) is 0 Å². The molecule has 1 N–H and O–H groups in total. The van der Waals surface area contributed by atoms with E-state index in [2.05, 4.69) is 5.32 Å². The number of hydrogen-bond donors (Lipinski definition) is 1. The summed E-state index contributed by atoms with van der Waals surface area (Å²) >= 11 is 1.49. The maximum absolute atomic E-state index is 11.8. The van der Waals surface area contributed by atoms with Crippen LogP contribution in [0.2, 0.25) is 0 Å². The SMILES string of the molecule is CNCCN(C)C(=O)c1ccc(SC)o1. The molecule has 0 atom stereocenters. The van der Waals surface area contributed by atoms with Gasteiger partial charge in [0.15, 0.2) is 10.9 Å². The molecule has 4 nitrogen and oxygen atoms in total. The van der Waals surface area contributed by atoms with Gasteiger partial charge in [0.1, 0.15) is 0 Å². The number of likely N-dealkylation sites (N-methyl/N-ethyl adjacent to an activating group) is 2. The largest absolute Gasteiger partial charge is 0.445 e. The molecule has 1 aromatic heterocycles. The molecule has 0 aromatic carbocycles. The van der Waals surface area contributed by atoms with Crippen molar-refractivity contribution < 1.29 is 9.21 Å². The zero-order valence-corrected chi connectivity index (χ0v) is 10.1. The standard InChI is InChI=1S/C10H16N2O2S/c1-11-6-7-12(2)10(13)8-4-5-9(14-8)15-3/h4-5,11H,6-7H2,1-3H3. The highest BCUT2D eigenvalue weighted by Crippen LogP contribution is 2.18. The number of carbonyl (C=O) groups is 1. The van der Waals surface area contributed by atoms with Crippen molar-refractivity contribution in [3.63, 3.8) is 0 Å². The summed E-state index contributed by atoms with van der Waals surface area (Å²) in [5.41, 5.74) is 0. The van der Waals surface area contributed by atoms with Crippen molar-refractivity contribution in [2.45, 2.75) is 5.09 Å². The Morgan fingerprint density at radius 3 is 2.87 bits per heavy atom. The summed E-state index contributed by atoms with van der Waals surface area (Å²) in [4.78, 5) is 13.4. The van der Waals surface area contributed by atoms with Crippen molar-refractivity contribution in [2.75, 3.05) is 33.4 Å². The average molecular weight is 228 g/mol. The molecular formula is C10H16N2O2S. The number of furan rings is 1. The zero-order valence-electron chi connectivity index (χ0n) is 9.24. The minimum Gasteiger partial charge on any atom is -0.445 e. The Hall–Kier alpha value is -0.940. The van der Waals surface area contributed by atoms with Crippen LogP contribution in [-0.4, -0.2) is 44.2 Å². The Labute approximate surface area is 94.0 Å². The van der Waals surface area contributed by atoms with Crippen LogP contribution >= 0.6 is 11.8 Å². The van der Waals surface area contributed by atoms with Crippen molar-refractivity contribution in [2.24, 2.45) is 0 Å². The third kappa shape index (κ3) is 3.28. The lowest BCUT2D eigenvalue weighted by Crippen LogP contribution is -2.32. The first-order chi connectivity index (χ1) is 7.19. The first kappa shape index (κ1) is 12.1. The van der Waals surface area contributed by atoms with Crippen LogP contribution in [0.3, 0.4) is 0 Å². The van der Waals surface area contributed by atoms with E-state index in [9.17, 15) is 4.79 Å².